The Kier molecular flexibility index (Phi) is 3.45. The molecule has 7 heteroatoms. The number of nitrogens with zero attached hydrogens (tertiary/aromatic N) is 3. The van der Waals surface area contributed by atoms with Crippen molar-refractivity contribution in [1.82, 2.24) is 15.1 Å². The molecule has 0 saturated heterocycles. The van der Waals surface area contributed by atoms with E-state index in [1.54, 1.807) is 30.6 Å². The fourth-order valence-electron chi connectivity index (χ4n) is 1.85. The Labute approximate surface area is 125 Å². The molecular weight excluding hydrogens is 292 g/mol. The van der Waals surface area contributed by atoms with Crippen LogP contribution in [0.1, 0.15) is 0 Å². The van der Waals surface area contributed by atoms with Crippen molar-refractivity contribution in [1.29, 1.82) is 0 Å². The SMILES string of the molecule is COc1cc(N)c(Cl)cc1-c1nc(-c2cccnc2)no1. The number of ether oxygens (including phenoxy) is 1. The fraction of sp³-hybridized carbons (Fsp3) is 0.0714. The van der Waals surface area contributed by atoms with E-state index in [4.69, 9.17) is 26.6 Å². The van der Waals surface area contributed by atoms with Crippen molar-refractivity contribution in [2.24, 2.45) is 0 Å². The molecule has 3 aromatic rings. The van der Waals surface area contributed by atoms with E-state index < -0.39 is 0 Å². The minimum atomic E-state index is 0.299. The molecule has 2 aromatic heterocycles. The van der Waals surface area contributed by atoms with Crippen LogP contribution in [0.5, 0.6) is 5.75 Å². The Hall–Kier alpha value is -2.60. The quantitative estimate of drug-likeness (QED) is 0.748. The van der Waals surface area contributed by atoms with Gasteiger partial charge in [0.05, 0.1) is 23.4 Å². The van der Waals surface area contributed by atoms with E-state index in [1.807, 2.05) is 6.07 Å². The maximum atomic E-state index is 6.04. The lowest BCUT2D eigenvalue weighted by Crippen LogP contribution is -1.93. The van der Waals surface area contributed by atoms with Crippen molar-refractivity contribution in [2.45, 2.75) is 0 Å². The van der Waals surface area contributed by atoms with Crippen LogP contribution in [0, 0.1) is 0 Å². The molecule has 0 atom stereocenters. The topological polar surface area (TPSA) is 87.1 Å². The van der Waals surface area contributed by atoms with E-state index in [0.717, 1.165) is 5.56 Å². The summed E-state index contributed by atoms with van der Waals surface area (Å²) in [6.07, 6.45) is 3.33. The molecule has 0 amide bonds. The van der Waals surface area contributed by atoms with Gasteiger partial charge in [-0.1, -0.05) is 16.8 Å². The molecule has 0 spiro atoms. The zero-order valence-electron chi connectivity index (χ0n) is 11.1. The lowest BCUT2D eigenvalue weighted by Gasteiger charge is -2.07. The molecule has 2 N–H and O–H groups in total. The van der Waals surface area contributed by atoms with Gasteiger partial charge in [0.1, 0.15) is 5.75 Å². The summed E-state index contributed by atoms with van der Waals surface area (Å²) in [5, 5.41) is 4.33. The maximum Gasteiger partial charge on any atom is 0.262 e. The maximum absolute atomic E-state index is 6.04. The van der Waals surface area contributed by atoms with E-state index in [-0.39, 0.29) is 0 Å². The molecule has 0 fully saturated rings. The molecule has 21 heavy (non-hydrogen) atoms. The van der Waals surface area contributed by atoms with Gasteiger partial charge >= 0.3 is 0 Å². The van der Waals surface area contributed by atoms with Crippen molar-refractivity contribution < 1.29 is 9.26 Å². The molecule has 2 heterocycles. The Morgan fingerprint density at radius 2 is 2.19 bits per heavy atom. The Bertz CT molecular complexity index is 774. The van der Waals surface area contributed by atoms with Gasteiger partial charge in [0.15, 0.2) is 0 Å². The van der Waals surface area contributed by atoms with Crippen LogP contribution in [-0.2, 0) is 0 Å². The highest BCUT2D eigenvalue weighted by Crippen LogP contribution is 2.35. The highest BCUT2D eigenvalue weighted by atomic mass is 35.5. The summed E-state index contributed by atoms with van der Waals surface area (Å²) < 4.78 is 10.5. The molecule has 6 nitrogen and oxygen atoms in total. The van der Waals surface area contributed by atoms with Crippen molar-refractivity contribution in [3.05, 3.63) is 41.7 Å². The van der Waals surface area contributed by atoms with Crippen LogP contribution in [-0.4, -0.2) is 22.2 Å². The van der Waals surface area contributed by atoms with Gasteiger partial charge in [-0.2, -0.15) is 4.98 Å². The van der Waals surface area contributed by atoms with Gasteiger partial charge in [-0.25, -0.2) is 0 Å². The van der Waals surface area contributed by atoms with Gasteiger partial charge in [0.2, 0.25) is 5.82 Å². The predicted octanol–water partition coefficient (Wildman–Crippen LogP) is 3.04. The minimum absolute atomic E-state index is 0.299. The number of anilines is 1. The number of hydrogen-bond donors (Lipinski definition) is 1. The molecule has 0 aliphatic heterocycles. The number of nitrogens with two attached hydrogens (primary N) is 1. The molecular formula is C14H11ClN4O2. The van der Waals surface area contributed by atoms with Crippen molar-refractivity contribution in [3.63, 3.8) is 0 Å². The molecule has 0 saturated carbocycles. The second-order valence-electron chi connectivity index (χ2n) is 4.24. The van der Waals surface area contributed by atoms with E-state index in [0.29, 0.717) is 33.7 Å². The van der Waals surface area contributed by atoms with Crippen LogP contribution in [0.15, 0.2) is 41.2 Å². The molecule has 1 aromatic carbocycles. The van der Waals surface area contributed by atoms with Crippen LogP contribution < -0.4 is 10.5 Å². The van der Waals surface area contributed by atoms with Crippen molar-refractivity contribution in [2.75, 3.05) is 12.8 Å². The molecule has 0 unspecified atom stereocenters. The zero-order chi connectivity index (χ0) is 14.8. The smallest absolute Gasteiger partial charge is 0.262 e. The molecule has 0 aliphatic carbocycles. The van der Waals surface area contributed by atoms with Crippen LogP contribution in [0.25, 0.3) is 22.8 Å². The highest BCUT2D eigenvalue weighted by molar-refractivity contribution is 6.33. The van der Waals surface area contributed by atoms with Crippen LogP contribution in [0.4, 0.5) is 5.69 Å². The third kappa shape index (κ3) is 2.53. The first kappa shape index (κ1) is 13.4. The molecule has 106 valence electrons. The number of rotatable bonds is 3. The van der Waals surface area contributed by atoms with Gasteiger partial charge in [0, 0.05) is 24.0 Å². The van der Waals surface area contributed by atoms with Crippen LogP contribution in [0.2, 0.25) is 5.02 Å². The zero-order valence-corrected chi connectivity index (χ0v) is 11.8. The number of methoxy groups -OCH3 is 1. The summed E-state index contributed by atoms with van der Waals surface area (Å²) in [5.74, 6) is 1.25. The van der Waals surface area contributed by atoms with Crippen LogP contribution >= 0.6 is 11.6 Å². The number of hydrogen-bond acceptors (Lipinski definition) is 6. The van der Waals surface area contributed by atoms with E-state index in [2.05, 4.69) is 15.1 Å². The number of nitrogen functional groups attached to an aromatic ring is 1. The van der Waals surface area contributed by atoms with E-state index in [1.165, 1.54) is 7.11 Å². The average molecular weight is 303 g/mol. The summed E-state index contributed by atoms with van der Waals surface area (Å²) in [7, 11) is 1.53. The monoisotopic (exact) mass is 302 g/mol. The molecule has 0 aliphatic rings. The summed E-state index contributed by atoms with van der Waals surface area (Å²) in [6, 6.07) is 6.89. The third-order valence-electron chi connectivity index (χ3n) is 2.89. The normalized spacial score (nSPS) is 10.6. The van der Waals surface area contributed by atoms with E-state index in [9.17, 15) is 0 Å². The third-order valence-corrected chi connectivity index (χ3v) is 3.22. The molecule has 0 radical (unpaired) electrons. The minimum Gasteiger partial charge on any atom is -0.496 e. The Morgan fingerprint density at radius 1 is 1.33 bits per heavy atom. The highest BCUT2D eigenvalue weighted by Gasteiger charge is 2.16. The van der Waals surface area contributed by atoms with Crippen molar-refractivity contribution in [3.8, 4) is 28.6 Å². The number of halogens is 1. The summed E-state index contributed by atoms with van der Waals surface area (Å²) in [4.78, 5) is 8.35. The van der Waals surface area contributed by atoms with Gasteiger partial charge in [0.25, 0.3) is 5.89 Å². The average Bonchev–Trinajstić information content (AvgIpc) is 3.00. The first-order valence-electron chi connectivity index (χ1n) is 6.06. The van der Waals surface area contributed by atoms with Crippen LogP contribution in [0.3, 0.4) is 0 Å². The standard InChI is InChI=1S/C14H11ClN4O2/c1-20-12-6-11(16)10(15)5-9(12)14-18-13(19-21-14)8-3-2-4-17-7-8/h2-7H,16H2,1H3. The Balaban J connectivity index is 2.06. The number of aromatic nitrogens is 3. The van der Waals surface area contributed by atoms with E-state index >= 15 is 0 Å². The van der Waals surface area contributed by atoms with Crippen molar-refractivity contribution >= 4 is 17.3 Å². The summed E-state index contributed by atoms with van der Waals surface area (Å²) in [6.45, 7) is 0. The number of benzene rings is 1. The van der Waals surface area contributed by atoms with Gasteiger partial charge in [-0.15, -0.1) is 0 Å². The second kappa shape index (κ2) is 5.41. The summed E-state index contributed by atoms with van der Waals surface area (Å²) in [5.41, 5.74) is 7.51. The summed E-state index contributed by atoms with van der Waals surface area (Å²) >= 11 is 6.04. The van der Waals surface area contributed by atoms with Gasteiger partial charge < -0.3 is 15.0 Å². The fourth-order valence-corrected chi connectivity index (χ4v) is 2.01. The van der Waals surface area contributed by atoms with Gasteiger partial charge in [-0.05, 0) is 18.2 Å². The lowest BCUT2D eigenvalue weighted by molar-refractivity contribution is 0.405. The lowest BCUT2D eigenvalue weighted by atomic mass is 10.1. The molecule has 3 rings (SSSR count). The second-order valence-corrected chi connectivity index (χ2v) is 4.65. The largest absolute Gasteiger partial charge is 0.496 e. The first-order chi connectivity index (χ1) is 10.2. The predicted molar refractivity (Wildman–Crippen MR) is 78.9 cm³/mol. The number of pyridine rings is 1. The van der Waals surface area contributed by atoms with Gasteiger partial charge in [-0.3, -0.25) is 4.98 Å². The Morgan fingerprint density at radius 3 is 2.90 bits per heavy atom. The molecule has 0 bridgehead atoms. The first-order valence-corrected chi connectivity index (χ1v) is 6.44.